The maximum Gasteiger partial charge on any atom is 0.123 e. The van der Waals surface area contributed by atoms with Gasteiger partial charge in [-0.15, -0.1) is 0 Å². The number of nitrogens with one attached hydrogen (secondary N) is 1. The quantitative estimate of drug-likeness (QED) is 0.850. The molecule has 0 radical (unpaired) electrons. The molecular formula is C16H25FN2. The van der Waals surface area contributed by atoms with Gasteiger partial charge in [0.15, 0.2) is 0 Å². The van der Waals surface area contributed by atoms with Crippen molar-refractivity contribution in [3.8, 4) is 0 Å². The standard InChI is InChI=1S/C16H25FN2/c1-2-10-18-16-4-3-11-19(13-16)12-9-14-5-7-15(17)8-6-14/h5-8,16,18H,2-4,9-13H2,1H3. The maximum absolute atomic E-state index is 12.8. The monoisotopic (exact) mass is 264 g/mol. The number of hydrogen-bond acceptors (Lipinski definition) is 2. The molecule has 1 N–H and O–H groups in total. The number of halogens is 1. The molecule has 0 spiro atoms. The predicted octanol–water partition coefficient (Wildman–Crippen LogP) is 2.83. The minimum Gasteiger partial charge on any atom is -0.313 e. The second kappa shape index (κ2) is 7.61. The van der Waals surface area contributed by atoms with Crippen molar-refractivity contribution in [3.05, 3.63) is 35.6 Å². The third kappa shape index (κ3) is 4.92. The van der Waals surface area contributed by atoms with Crippen LogP contribution in [0.3, 0.4) is 0 Å². The van der Waals surface area contributed by atoms with E-state index in [9.17, 15) is 4.39 Å². The number of rotatable bonds is 6. The number of piperidine rings is 1. The van der Waals surface area contributed by atoms with E-state index >= 15 is 0 Å². The molecule has 1 atom stereocenters. The Morgan fingerprint density at radius 2 is 2.11 bits per heavy atom. The molecule has 1 unspecified atom stereocenters. The Morgan fingerprint density at radius 1 is 1.32 bits per heavy atom. The van der Waals surface area contributed by atoms with Crippen molar-refractivity contribution in [2.75, 3.05) is 26.2 Å². The molecule has 106 valence electrons. The summed E-state index contributed by atoms with van der Waals surface area (Å²) in [7, 11) is 0. The van der Waals surface area contributed by atoms with Crippen molar-refractivity contribution in [2.24, 2.45) is 0 Å². The summed E-state index contributed by atoms with van der Waals surface area (Å²) >= 11 is 0. The van der Waals surface area contributed by atoms with Crippen LogP contribution in [-0.4, -0.2) is 37.1 Å². The Labute approximate surface area is 116 Å². The fourth-order valence-corrected chi connectivity index (χ4v) is 2.71. The second-order valence-corrected chi connectivity index (χ2v) is 5.47. The van der Waals surface area contributed by atoms with Gasteiger partial charge < -0.3 is 10.2 Å². The van der Waals surface area contributed by atoms with Crippen LogP contribution < -0.4 is 5.32 Å². The molecule has 1 aliphatic heterocycles. The van der Waals surface area contributed by atoms with E-state index in [1.807, 2.05) is 12.1 Å². The first-order valence-electron chi connectivity index (χ1n) is 7.48. The van der Waals surface area contributed by atoms with Crippen LogP contribution in [0.25, 0.3) is 0 Å². The minimum atomic E-state index is -0.148. The molecule has 1 aliphatic rings. The highest BCUT2D eigenvalue weighted by Gasteiger charge is 2.18. The highest BCUT2D eigenvalue weighted by molar-refractivity contribution is 5.16. The summed E-state index contributed by atoms with van der Waals surface area (Å²) in [4.78, 5) is 2.53. The van der Waals surface area contributed by atoms with E-state index in [-0.39, 0.29) is 5.82 Å². The van der Waals surface area contributed by atoms with Gasteiger partial charge in [-0.05, 0) is 56.5 Å². The normalized spacial score (nSPS) is 20.6. The summed E-state index contributed by atoms with van der Waals surface area (Å²) in [6, 6.07) is 7.55. The first kappa shape index (κ1) is 14.5. The largest absolute Gasteiger partial charge is 0.313 e. The first-order chi connectivity index (χ1) is 9.28. The Morgan fingerprint density at radius 3 is 2.84 bits per heavy atom. The van der Waals surface area contributed by atoms with Gasteiger partial charge in [0, 0.05) is 19.1 Å². The molecule has 1 fully saturated rings. The lowest BCUT2D eigenvalue weighted by atomic mass is 10.0. The Bertz CT molecular complexity index is 364. The molecular weight excluding hydrogens is 239 g/mol. The number of nitrogens with zero attached hydrogens (tertiary/aromatic N) is 1. The van der Waals surface area contributed by atoms with Gasteiger partial charge in [-0.3, -0.25) is 0 Å². The van der Waals surface area contributed by atoms with Crippen LogP contribution >= 0.6 is 0 Å². The van der Waals surface area contributed by atoms with E-state index < -0.39 is 0 Å². The van der Waals surface area contributed by atoms with Gasteiger partial charge in [-0.2, -0.15) is 0 Å². The van der Waals surface area contributed by atoms with Crippen LogP contribution in [-0.2, 0) is 6.42 Å². The summed E-state index contributed by atoms with van der Waals surface area (Å²) in [5, 5.41) is 3.62. The Hall–Kier alpha value is -0.930. The van der Waals surface area contributed by atoms with E-state index in [4.69, 9.17) is 0 Å². The molecule has 0 bridgehead atoms. The van der Waals surface area contributed by atoms with Crippen LogP contribution in [0.15, 0.2) is 24.3 Å². The molecule has 0 aromatic heterocycles. The molecule has 19 heavy (non-hydrogen) atoms. The first-order valence-corrected chi connectivity index (χ1v) is 7.48. The Balaban J connectivity index is 1.74. The predicted molar refractivity (Wildman–Crippen MR) is 77.9 cm³/mol. The Kier molecular flexibility index (Phi) is 5.80. The van der Waals surface area contributed by atoms with Gasteiger partial charge in [-0.1, -0.05) is 19.1 Å². The van der Waals surface area contributed by atoms with Gasteiger partial charge in [0.2, 0.25) is 0 Å². The topological polar surface area (TPSA) is 15.3 Å². The summed E-state index contributed by atoms with van der Waals surface area (Å²) < 4.78 is 12.8. The van der Waals surface area contributed by atoms with E-state index in [2.05, 4.69) is 17.1 Å². The lowest BCUT2D eigenvalue weighted by Gasteiger charge is -2.33. The van der Waals surface area contributed by atoms with Gasteiger partial charge in [0.25, 0.3) is 0 Å². The summed E-state index contributed by atoms with van der Waals surface area (Å²) in [5.74, 6) is -0.148. The van der Waals surface area contributed by atoms with Gasteiger partial charge in [0.05, 0.1) is 0 Å². The highest BCUT2D eigenvalue weighted by Crippen LogP contribution is 2.11. The van der Waals surface area contributed by atoms with Crippen molar-refractivity contribution >= 4 is 0 Å². The SMILES string of the molecule is CCCNC1CCCN(CCc2ccc(F)cc2)C1. The zero-order valence-electron chi connectivity index (χ0n) is 11.9. The highest BCUT2D eigenvalue weighted by atomic mass is 19.1. The van der Waals surface area contributed by atoms with Gasteiger partial charge in [-0.25, -0.2) is 4.39 Å². The second-order valence-electron chi connectivity index (χ2n) is 5.47. The average molecular weight is 264 g/mol. The zero-order valence-corrected chi connectivity index (χ0v) is 11.9. The third-order valence-electron chi connectivity index (χ3n) is 3.82. The smallest absolute Gasteiger partial charge is 0.123 e. The van der Waals surface area contributed by atoms with Crippen LogP contribution in [0.5, 0.6) is 0 Å². The molecule has 0 amide bonds. The van der Waals surface area contributed by atoms with E-state index in [0.717, 1.165) is 26.1 Å². The van der Waals surface area contributed by atoms with Crippen LogP contribution in [0.1, 0.15) is 31.7 Å². The van der Waals surface area contributed by atoms with Crippen molar-refractivity contribution in [2.45, 2.75) is 38.6 Å². The van der Waals surface area contributed by atoms with Crippen LogP contribution in [0.4, 0.5) is 4.39 Å². The van der Waals surface area contributed by atoms with Crippen molar-refractivity contribution in [1.82, 2.24) is 10.2 Å². The van der Waals surface area contributed by atoms with Crippen molar-refractivity contribution < 1.29 is 4.39 Å². The average Bonchev–Trinajstić information content (AvgIpc) is 2.45. The molecule has 0 saturated carbocycles. The lowest BCUT2D eigenvalue weighted by molar-refractivity contribution is 0.193. The van der Waals surface area contributed by atoms with E-state index in [1.165, 1.54) is 31.4 Å². The van der Waals surface area contributed by atoms with Gasteiger partial charge in [0.1, 0.15) is 5.82 Å². The molecule has 1 aromatic rings. The van der Waals surface area contributed by atoms with E-state index in [1.54, 1.807) is 12.1 Å². The fourth-order valence-electron chi connectivity index (χ4n) is 2.71. The molecule has 0 aliphatic carbocycles. The third-order valence-corrected chi connectivity index (χ3v) is 3.82. The van der Waals surface area contributed by atoms with Gasteiger partial charge >= 0.3 is 0 Å². The fraction of sp³-hybridized carbons (Fsp3) is 0.625. The minimum absolute atomic E-state index is 0.148. The molecule has 1 heterocycles. The lowest BCUT2D eigenvalue weighted by Crippen LogP contribution is -2.46. The molecule has 3 heteroatoms. The van der Waals surface area contributed by atoms with E-state index in [0.29, 0.717) is 6.04 Å². The molecule has 2 nitrogen and oxygen atoms in total. The molecule has 1 aromatic carbocycles. The number of benzene rings is 1. The van der Waals surface area contributed by atoms with Crippen molar-refractivity contribution in [3.63, 3.8) is 0 Å². The maximum atomic E-state index is 12.8. The molecule has 1 saturated heterocycles. The zero-order chi connectivity index (χ0) is 13.5. The van der Waals surface area contributed by atoms with Crippen molar-refractivity contribution in [1.29, 1.82) is 0 Å². The van der Waals surface area contributed by atoms with Crippen LogP contribution in [0.2, 0.25) is 0 Å². The summed E-state index contributed by atoms with van der Waals surface area (Å²) in [6.45, 7) is 6.77. The number of hydrogen-bond donors (Lipinski definition) is 1. The number of likely N-dealkylation sites (tertiary alicyclic amines) is 1. The summed E-state index contributed by atoms with van der Waals surface area (Å²) in [6.07, 6.45) is 4.80. The molecule has 2 rings (SSSR count). The van der Waals surface area contributed by atoms with Crippen LogP contribution in [0, 0.1) is 5.82 Å². The summed E-state index contributed by atoms with van der Waals surface area (Å²) in [5.41, 5.74) is 1.23.